The fraction of sp³-hybridized carbons (Fsp3) is 0.370. The summed E-state index contributed by atoms with van der Waals surface area (Å²) in [6.07, 6.45) is 2.10. The number of rotatable bonds is 8. The molecule has 2 aromatic carbocycles. The van der Waals surface area contributed by atoms with Gasteiger partial charge < -0.3 is 14.2 Å². The molecule has 1 saturated heterocycles. The van der Waals surface area contributed by atoms with E-state index in [1.54, 1.807) is 14.0 Å². The van der Waals surface area contributed by atoms with E-state index in [9.17, 15) is 4.79 Å². The maximum atomic E-state index is 12.6. The first kappa shape index (κ1) is 22.2. The molecule has 4 rings (SSSR count). The minimum Gasteiger partial charge on any atom is -0.496 e. The fourth-order valence-electron chi connectivity index (χ4n) is 4.88. The smallest absolute Gasteiger partial charge is 0.219 e. The summed E-state index contributed by atoms with van der Waals surface area (Å²) in [5.41, 5.74) is 3.70. The molecule has 0 spiro atoms. The Morgan fingerprint density at radius 2 is 1.78 bits per heavy atom. The van der Waals surface area contributed by atoms with Crippen LogP contribution < -0.4 is 4.74 Å². The monoisotopic (exact) mass is 431 g/mol. The maximum absolute atomic E-state index is 12.6. The van der Waals surface area contributed by atoms with E-state index in [4.69, 9.17) is 4.74 Å². The zero-order valence-electron chi connectivity index (χ0n) is 19.3. The van der Waals surface area contributed by atoms with E-state index >= 15 is 0 Å². The van der Waals surface area contributed by atoms with Crippen LogP contribution in [0.3, 0.4) is 0 Å². The van der Waals surface area contributed by atoms with Gasteiger partial charge in [0, 0.05) is 64.5 Å². The van der Waals surface area contributed by atoms with Crippen LogP contribution in [0.25, 0.3) is 0 Å². The average molecular weight is 432 g/mol. The van der Waals surface area contributed by atoms with Gasteiger partial charge in [0.05, 0.1) is 7.11 Å². The molecule has 0 radical (unpaired) electrons. The molecule has 2 heterocycles. The molecule has 1 amide bonds. The van der Waals surface area contributed by atoms with Crippen molar-refractivity contribution in [3.8, 4) is 5.75 Å². The van der Waals surface area contributed by atoms with Gasteiger partial charge in [-0.05, 0) is 35.2 Å². The van der Waals surface area contributed by atoms with Crippen LogP contribution in [-0.4, -0.2) is 47.0 Å². The van der Waals surface area contributed by atoms with Crippen LogP contribution in [0, 0.1) is 5.92 Å². The minimum atomic E-state index is 0.119. The lowest BCUT2D eigenvalue weighted by atomic mass is 9.87. The summed E-state index contributed by atoms with van der Waals surface area (Å²) in [4.78, 5) is 17.1. The van der Waals surface area contributed by atoms with Gasteiger partial charge >= 0.3 is 0 Å². The van der Waals surface area contributed by atoms with E-state index < -0.39 is 0 Å². The van der Waals surface area contributed by atoms with Gasteiger partial charge in [0.15, 0.2) is 0 Å². The van der Waals surface area contributed by atoms with Gasteiger partial charge in [-0.2, -0.15) is 0 Å². The van der Waals surface area contributed by atoms with E-state index in [-0.39, 0.29) is 5.91 Å². The van der Waals surface area contributed by atoms with Gasteiger partial charge in [-0.3, -0.25) is 9.69 Å². The summed E-state index contributed by atoms with van der Waals surface area (Å²) in [5, 5.41) is 0. The molecule has 0 N–H and O–H groups in total. The molecule has 1 aliphatic heterocycles. The first-order valence-electron chi connectivity index (χ1n) is 11.3. The number of amides is 1. The third-order valence-electron chi connectivity index (χ3n) is 6.61. The molecule has 1 aliphatic rings. The predicted octanol–water partition coefficient (Wildman–Crippen LogP) is 4.30. The van der Waals surface area contributed by atoms with Crippen LogP contribution >= 0.6 is 0 Å². The first-order chi connectivity index (χ1) is 15.5. The van der Waals surface area contributed by atoms with Gasteiger partial charge in [0.1, 0.15) is 5.75 Å². The second kappa shape index (κ2) is 10.0. The molecule has 0 saturated carbocycles. The topological polar surface area (TPSA) is 37.7 Å². The third-order valence-corrected chi connectivity index (χ3v) is 6.61. The molecule has 0 bridgehead atoms. The largest absolute Gasteiger partial charge is 0.496 e. The maximum Gasteiger partial charge on any atom is 0.219 e. The Morgan fingerprint density at radius 3 is 2.47 bits per heavy atom. The number of carbonyl (C=O) groups is 1. The van der Waals surface area contributed by atoms with Gasteiger partial charge in [-0.1, -0.05) is 48.5 Å². The van der Waals surface area contributed by atoms with Gasteiger partial charge in [0.2, 0.25) is 5.91 Å². The molecule has 1 aromatic heterocycles. The molecule has 1 fully saturated rings. The third kappa shape index (κ3) is 5.05. The summed E-state index contributed by atoms with van der Waals surface area (Å²) in [5.74, 6) is 1.69. The number of nitrogens with zero attached hydrogens (tertiary/aromatic N) is 3. The van der Waals surface area contributed by atoms with Crippen LogP contribution in [0.1, 0.15) is 29.7 Å². The van der Waals surface area contributed by atoms with E-state index in [0.29, 0.717) is 18.4 Å². The summed E-state index contributed by atoms with van der Waals surface area (Å²) < 4.78 is 7.89. The van der Waals surface area contributed by atoms with E-state index in [1.165, 1.54) is 11.3 Å². The quantitative estimate of drug-likeness (QED) is 0.534. The normalized spacial score (nSPS) is 18.6. The highest BCUT2D eigenvalue weighted by Crippen LogP contribution is 2.38. The Morgan fingerprint density at radius 1 is 1.03 bits per heavy atom. The van der Waals surface area contributed by atoms with Crippen molar-refractivity contribution in [3.63, 3.8) is 0 Å². The number of methoxy groups -OCH3 is 1. The van der Waals surface area contributed by atoms with Crippen molar-refractivity contribution in [3.05, 3.63) is 89.7 Å². The number of aromatic nitrogens is 1. The lowest BCUT2D eigenvalue weighted by Crippen LogP contribution is -2.35. The molecule has 5 nitrogen and oxygen atoms in total. The highest BCUT2D eigenvalue weighted by Gasteiger charge is 2.37. The van der Waals surface area contributed by atoms with Crippen LogP contribution in [0.2, 0.25) is 0 Å². The Balaban J connectivity index is 1.58. The summed E-state index contributed by atoms with van der Waals surface area (Å²) in [6, 6.07) is 22.8. The van der Waals surface area contributed by atoms with E-state index in [2.05, 4.69) is 59.1 Å². The van der Waals surface area contributed by atoms with Crippen molar-refractivity contribution in [2.75, 3.05) is 26.7 Å². The molecule has 168 valence electrons. The van der Waals surface area contributed by atoms with Crippen molar-refractivity contribution < 1.29 is 9.53 Å². The molecular weight excluding hydrogens is 398 g/mol. The van der Waals surface area contributed by atoms with Gasteiger partial charge in [-0.25, -0.2) is 0 Å². The fourth-order valence-corrected chi connectivity index (χ4v) is 4.88. The molecular formula is C27H33N3O2. The first-order valence-corrected chi connectivity index (χ1v) is 11.3. The number of likely N-dealkylation sites (tertiary alicyclic amines) is 1. The molecule has 2 atom stereocenters. The zero-order valence-corrected chi connectivity index (χ0v) is 19.3. The van der Waals surface area contributed by atoms with E-state index in [1.807, 2.05) is 35.2 Å². The van der Waals surface area contributed by atoms with E-state index in [0.717, 1.165) is 37.5 Å². The highest BCUT2D eigenvalue weighted by atomic mass is 16.5. The lowest BCUT2D eigenvalue weighted by Gasteiger charge is -2.28. The van der Waals surface area contributed by atoms with Crippen LogP contribution in [0.4, 0.5) is 0 Å². The van der Waals surface area contributed by atoms with Crippen molar-refractivity contribution in [2.24, 2.45) is 13.0 Å². The van der Waals surface area contributed by atoms with Crippen molar-refractivity contribution in [1.29, 1.82) is 0 Å². The summed E-state index contributed by atoms with van der Waals surface area (Å²) >= 11 is 0. The average Bonchev–Trinajstić information content (AvgIpc) is 3.39. The second-order valence-corrected chi connectivity index (χ2v) is 8.80. The zero-order chi connectivity index (χ0) is 22.5. The lowest BCUT2D eigenvalue weighted by molar-refractivity contribution is -0.130. The number of carbonyl (C=O) groups excluding carboxylic acids is 1. The summed E-state index contributed by atoms with van der Waals surface area (Å²) in [7, 11) is 3.83. The second-order valence-electron chi connectivity index (χ2n) is 8.80. The van der Waals surface area contributed by atoms with Gasteiger partial charge in [0.25, 0.3) is 0 Å². The Labute approximate surface area is 191 Å². The van der Waals surface area contributed by atoms with Crippen molar-refractivity contribution in [1.82, 2.24) is 14.4 Å². The number of hydrogen-bond donors (Lipinski definition) is 0. The Bertz CT molecular complexity index is 1030. The molecule has 5 heteroatoms. The van der Waals surface area contributed by atoms with Gasteiger partial charge in [-0.15, -0.1) is 0 Å². The van der Waals surface area contributed by atoms with Crippen LogP contribution in [-0.2, 0) is 24.9 Å². The molecule has 32 heavy (non-hydrogen) atoms. The van der Waals surface area contributed by atoms with Crippen molar-refractivity contribution in [2.45, 2.75) is 25.9 Å². The number of benzene rings is 2. The van der Waals surface area contributed by atoms with Crippen LogP contribution in [0.15, 0.2) is 72.9 Å². The Hall–Kier alpha value is -3.05. The molecule has 0 aliphatic carbocycles. The predicted molar refractivity (Wildman–Crippen MR) is 127 cm³/mol. The number of para-hydroxylation sites is 1. The van der Waals surface area contributed by atoms with Crippen molar-refractivity contribution >= 4 is 5.91 Å². The number of ether oxygens (including phenoxy) is 1. The Kier molecular flexibility index (Phi) is 6.96. The minimum absolute atomic E-state index is 0.119. The van der Waals surface area contributed by atoms with Crippen LogP contribution in [0.5, 0.6) is 5.75 Å². The standard InChI is InChI=1S/C27H33N3O2/c1-21(31)30(16-22-10-5-4-6-11-22)18-23-17-29(19-24-12-9-15-28(24)2)20-26(23)25-13-7-8-14-27(25)32-3/h4-15,23,26H,16-20H2,1-3H3. The molecule has 3 aromatic rings. The summed E-state index contributed by atoms with van der Waals surface area (Å²) in [6.45, 7) is 5.86. The molecule has 2 unspecified atom stereocenters. The SMILES string of the molecule is COc1ccccc1C1CN(Cc2cccn2C)CC1CN(Cc1ccccc1)C(C)=O. The number of hydrogen-bond acceptors (Lipinski definition) is 3. The highest BCUT2D eigenvalue weighted by molar-refractivity contribution is 5.73. The number of aryl methyl sites for hydroxylation is 1.